The summed E-state index contributed by atoms with van der Waals surface area (Å²) in [6.07, 6.45) is 5.98. The summed E-state index contributed by atoms with van der Waals surface area (Å²) in [7, 11) is 0. The Morgan fingerprint density at radius 1 is 0.638 bits per heavy atom. The summed E-state index contributed by atoms with van der Waals surface area (Å²) in [5.41, 5.74) is 4.47. The number of esters is 2. The molecule has 47 heavy (non-hydrogen) atoms. The van der Waals surface area contributed by atoms with Gasteiger partial charge in [0.05, 0.1) is 0 Å². The van der Waals surface area contributed by atoms with Crippen molar-refractivity contribution in [1.29, 1.82) is 0 Å². The molecule has 0 fully saturated rings. The largest absolute Gasteiger partial charge is 0.451 e. The third kappa shape index (κ3) is 10.2. The predicted octanol–water partition coefficient (Wildman–Crippen LogP) is 6.56. The van der Waals surface area contributed by atoms with Gasteiger partial charge >= 0.3 is 11.9 Å². The van der Waals surface area contributed by atoms with E-state index in [1.165, 1.54) is 13.8 Å². The number of aliphatic hydroxyl groups is 2. The van der Waals surface area contributed by atoms with Crippen LogP contribution in [0.15, 0.2) is 100 Å². The molecular weight excluding hydrogens is 596 g/mol. The molecule has 0 aliphatic heterocycles. The molecule has 8 nitrogen and oxygen atoms in total. The molecule has 4 unspecified atom stereocenters. The molecule has 0 aliphatic rings. The van der Waals surface area contributed by atoms with Gasteiger partial charge < -0.3 is 29.2 Å². The van der Waals surface area contributed by atoms with E-state index in [9.17, 15) is 19.8 Å². The Hall–Kier alpha value is -4.66. The molecule has 0 bridgehead atoms. The lowest BCUT2D eigenvalue weighted by Gasteiger charge is -2.31. The standard InChI is InChI=1S/C39H48O8/c1-11-17-27-21-31(22-28(18-12-2)35(27)46-37(25(7)40)44-33(42)15-5)39(9,10)32-23-29(19-13-3)36(30(24-32)20-14-4)47-38(26(8)41)45-34(43)16-6/h11-16,21-26,37-38,40-41H,1-6,17-20H2,7-10H3. The zero-order chi connectivity index (χ0) is 35.3. The van der Waals surface area contributed by atoms with E-state index >= 15 is 0 Å². The monoisotopic (exact) mass is 644 g/mol. The van der Waals surface area contributed by atoms with Gasteiger partial charge in [-0.3, -0.25) is 0 Å². The van der Waals surface area contributed by atoms with Crippen LogP contribution in [0.2, 0.25) is 0 Å². The molecule has 0 aliphatic carbocycles. The van der Waals surface area contributed by atoms with Crippen LogP contribution in [-0.2, 0) is 50.2 Å². The minimum Gasteiger partial charge on any atom is -0.451 e. The van der Waals surface area contributed by atoms with Crippen molar-refractivity contribution in [3.05, 3.63) is 134 Å². The highest BCUT2D eigenvalue weighted by atomic mass is 16.7. The van der Waals surface area contributed by atoms with E-state index in [0.29, 0.717) is 37.2 Å². The highest BCUT2D eigenvalue weighted by Crippen LogP contribution is 2.41. The number of hydrogen-bond acceptors (Lipinski definition) is 8. The fourth-order valence-electron chi connectivity index (χ4n) is 4.93. The molecule has 0 aromatic heterocycles. The predicted molar refractivity (Wildman–Crippen MR) is 185 cm³/mol. The number of rotatable bonds is 20. The topological polar surface area (TPSA) is 112 Å². The van der Waals surface area contributed by atoms with Crippen molar-refractivity contribution in [2.24, 2.45) is 0 Å². The van der Waals surface area contributed by atoms with Crippen LogP contribution >= 0.6 is 0 Å². The number of benzene rings is 2. The summed E-state index contributed by atoms with van der Waals surface area (Å²) in [4.78, 5) is 24.0. The van der Waals surface area contributed by atoms with Gasteiger partial charge in [0.15, 0.2) is 0 Å². The van der Waals surface area contributed by atoms with Crippen molar-refractivity contribution < 1.29 is 38.7 Å². The summed E-state index contributed by atoms with van der Waals surface area (Å²) in [5.74, 6) is -0.510. The van der Waals surface area contributed by atoms with Crippen molar-refractivity contribution in [1.82, 2.24) is 0 Å². The van der Waals surface area contributed by atoms with Gasteiger partial charge in [0.2, 0.25) is 0 Å². The molecule has 0 spiro atoms. The van der Waals surface area contributed by atoms with Gasteiger partial charge in [-0.25, -0.2) is 9.59 Å². The average molecular weight is 645 g/mol. The van der Waals surface area contributed by atoms with Gasteiger partial charge in [0, 0.05) is 17.6 Å². The zero-order valence-corrected chi connectivity index (χ0v) is 28.0. The minimum atomic E-state index is -1.27. The summed E-state index contributed by atoms with van der Waals surface area (Å²) < 4.78 is 22.9. The Labute approximate surface area is 279 Å². The smallest absolute Gasteiger partial charge is 0.333 e. The highest BCUT2D eigenvalue weighted by molar-refractivity contribution is 5.81. The second-order valence-corrected chi connectivity index (χ2v) is 11.6. The Morgan fingerprint density at radius 2 is 0.915 bits per heavy atom. The molecule has 0 radical (unpaired) electrons. The quantitative estimate of drug-likeness (QED) is 0.0722. The summed E-state index contributed by atoms with van der Waals surface area (Å²) in [5, 5.41) is 20.7. The maximum absolute atomic E-state index is 12.0. The van der Waals surface area contributed by atoms with Crippen LogP contribution in [0.5, 0.6) is 11.5 Å². The van der Waals surface area contributed by atoms with Crippen molar-refractivity contribution >= 4 is 11.9 Å². The van der Waals surface area contributed by atoms with Crippen LogP contribution in [0, 0.1) is 0 Å². The molecule has 0 saturated heterocycles. The van der Waals surface area contributed by atoms with Crippen LogP contribution < -0.4 is 9.47 Å². The SMILES string of the molecule is C=CCc1cc(C(C)(C)c2cc(CC=C)c(OC(OC(=O)C=C)C(C)O)c(CC=C)c2)cc(CC=C)c1OC(OC(=O)C=C)C(C)O. The van der Waals surface area contributed by atoms with Gasteiger partial charge in [0.1, 0.15) is 23.7 Å². The van der Waals surface area contributed by atoms with Crippen molar-refractivity contribution in [2.75, 3.05) is 0 Å². The van der Waals surface area contributed by atoms with Gasteiger partial charge in [-0.1, -0.05) is 75.6 Å². The van der Waals surface area contributed by atoms with Crippen LogP contribution in [0.4, 0.5) is 0 Å². The fraction of sp³-hybridized carbons (Fsp3) is 0.333. The Morgan fingerprint density at radius 3 is 1.13 bits per heavy atom. The molecule has 8 heteroatoms. The van der Waals surface area contributed by atoms with Crippen LogP contribution in [-0.4, -0.2) is 46.9 Å². The molecule has 0 saturated carbocycles. The second-order valence-electron chi connectivity index (χ2n) is 11.6. The van der Waals surface area contributed by atoms with Crippen molar-refractivity contribution in [2.45, 2.75) is 83.6 Å². The lowest BCUT2D eigenvalue weighted by molar-refractivity contribution is -0.173. The minimum absolute atomic E-state index is 0.436. The lowest BCUT2D eigenvalue weighted by atomic mass is 9.75. The van der Waals surface area contributed by atoms with E-state index in [4.69, 9.17) is 18.9 Å². The van der Waals surface area contributed by atoms with Gasteiger partial charge in [-0.15, -0.1) is 26.3 Å². The molecule has 2 N–H and O–H groups in total. The van der Waals surface area contributed by atoms with E-state index in [0.717, 1.165) is 45.5 Å². The molecule has 252 valence electrons. The average Bonchev–Trinajstić information content (AvgIpc) is 3.02. The molecular formula is C39H48O8. The number of carbonyl (C=O) groups is 2. The van der Waals surface area contributed by atoms with Crippen LogP contribution in [0.3, 0.4) is 0 Å². The molecule has 0 heterocycles. The number of aliphatic hydroxyl groups excluding tert-OH is 2. The first-order valence-corrected chi connectivity index (χ1v) is 15.4. The first kappa shape index (κ1) is 38.5. The molecule has 2 rings (SSSR count). The van der Waals surface area contributed by atoms with E-state index in [-0.39, 0.29) is 0 Å². The third-order valence-corrected chi connectivity index (χ3v) is 7.44. The van der Waals surface area contributed by atoms with Crippen molar-refractivity contribution in [3.8, 4) is 11.5 Å². The third-order valence-electron chi connectivity index (χ3n) is 7.44. The number of hydrogen-bond donors (Lipinski definition) is 2. The van der Waals surface area contributed by atoms with Gasteiger partial charge in [-0.05, 0) is 72.9 Å². The molecule has 2 aromatic carbocycles. The van der Waals surface area contributed by atoms with Crippen LogP contribution in [0.1, 0.15) is 61.1 Å². The van der Waals surface area contributed by atoms with Crippen molar-refractivity contribution in [3.63, 3.8) is 0 Å². The Balaban J connectivity index is 2.79. The first-order chi connectivity index (χ1) is 22.3. The Kier molecular flexibility index (Phi) is 14.7. The fourth-order valence-corrected chi connectivity index (χ4v) is 4.93. The maximum atomic E-state index is 12.0. The van der Waals surface area contributed by atoms with E-state index in [2.05, 4.69) is 53.3 Å². The Bertz CT molecular complexity index is 1310. The lowest BCUT2D eigenvalue weighted by Crippen LogP contribution is -2.35. The van der Waals surface area contributed by atoms with E-state index in [1.54, 1.807) is 24.3 Å². The first-order valence-electron chi connectivity index (χ1n) is 15.4. The maximum Gasteiger partial charge on any atom is 0.333 e. The van der Waals surface area contributed by atoms with Gasteiger partial charge in [0.25, 0.3) is 12.6 Å². The van der Waals surface area contributed by atoms with Crippen LogP contribution in [0.25, 0.3) is 0 Å². The number of carbonyl (C=O) groups excluding carboxylic acids is 2. The van der Waals surface area contributed by atoms with Gasteiger partial charge in [-0.2, -0.15) is 0 Å². The van der Waals surface area contributed by atoms with E-state index < -0.39 is 42.1 Å². The zero-order valence-electron chi connectivity index (χ0n) is 28.0. The summed E-state index contributed by atoms with van der Waals surface area (Å²) in [6.45, 7) is 29.7. The molecule has 2 aromatic rings. The molecule has 0 amide bonds. The number of ether oxygens (including phenoxy) is 4. The highest BCUT2D eigenvalue weighted by Gasteiger charge is 2.31. The summed E-state index contributed by atoms with van der Waals surface area (Å²) in [6, 6.07) is 8.06. The normalized spacial score (nSPS) is 13.6. The van der Waals surface area contributed by atoms with E-state index in [1.807, 2.05) is 24.3 Å². The molecule has 4 atom stereocenters. The number of allylic oxidation sites excluding steroid dienone is 4. The second kappa shape index (κ2) is 17.9. The summed E-state index contributed by atoms with van der Waals surface area (Å²) >= 11 is 0.